The van der Waals surface area contributed by atoms with E-state index in [4.69, 9.17) is 0 Å². The largest absolute Gasteiger partial charge is 0.349 e. The molecule has 1 aliphatic carbocycles. The summed E-state index contributed by atoms with van der Waals surface area (Å²) in [6, 6.07) is 8.08. The van der Waals surface area contributed by atoms with E-state index >= 15 is 0 Å². The Kier molecular flexibility index (Phi) is 4.65. The van der Waals surface area contributed by atoms with Crippen LogP contribution in [0.4, 0.5) is 0 Å². The molecule has 2 nitrogen and oxygen atoms in total. The van der Waals surface area contributed by atoms with Crippen LogP contribution in [0.5, 0.6) is 0 Å². The molecule has 0 saturated heterocycles. The fourth-order valence-electron chi connectivity index (χ4n) is 2.59. The van der Waals surface area contributed by atoms with E-state index in [9.17, 15) is 4.79 Å². The van der Waals surface area contributed by atoms with Crippen molar-refractivity contribution in [3.63, 3.8) is 0 Å². The van der Waals surface area contributed by atoms with Gasteiger partial charge in [0.25, 0.3) is 5.91 Å². The van der Waals surface area contributed by atoms with E-state index in [0.717, 1.165) is 21.5 Å². The lowest BCUT2D eigenvalue weighted by Gasteiger charge is -2.33. The predicted molar refractivity (Wildman–Crippen MR) is 82.6 cm³/mol. The molecular formula is C15H20INO. The van der Waals surface area contributed by atoms with Crippen molar-refractivity contribution in [1.29, 1.82) is 0 Å². The third kappa shape index (κ3) is 3.46. The van der Waals surface area contributed by atoms with Crippen molar-refractivity contribution in [3.05, 3.63) is 33.4 Å². The Morgan fingerprint density at radius 3 is 2.56 bits per heavy atom. The third-order valence-electron chi connectivity index (χ3n) is 3.88. The first-order chi connectivity index (χ1) is 8.56. The molecule has 18 heavy (non-hydrogen) atoms. The van der Waals surface area contributed by atoms with Crippen LogP contribution in [0.15, 0.2) is 24.3 Å². The van der Waals surface area contributed by atoms with Gasteiger partial charge in [-0.25, -0.2) is 0 Å². The van der Waals surface area contributed by atoms with Crippen LogP contribution in [0.2, 0.25) is 0 Å². The molecule has 0 aromatic heterocycles. The molecule has 3 atom stereocenters. The van der Waals surface area contributed by atoms with Crippen LogP contribution in [0.25, 0.3) is 0 Å². The Bertz CT molecular complexity index is 415. The van der Waals surface area contributed by atoms with E-state index < -0.39 is 0 Å². The van der Waals surface area contributed by atoms with Gasteiger partial charge in [0.15, 0.2) is 0 Å². The second-order valence-electron chi connectivity index (χ2n) is 5.48. The first-order valence-electron chi connectivity index (χ1n) is 6.62. The number of carbonyl (C=O) groups excluding carboxylic acids is 1. The van der Waals surface area contributed by atoms with Crippen LogP contribution < -0.4 is 5.32 Å². The number of halogens is 1. The van der Waals surface area contributed by atoms with Crippen molar-refractivity contribution in [2.24, 2.45) is 11.8 Å². The maximum Gasteiger partial charge on any atom is 0.251 e. The van der Waals surface area contributed by atoms with Crippen LogP contribution in [0, 0.1) is 15.4 Å². The highest BCUT2D eigenvalue weighted by Gasteiger charge is 2.26. The molecule has 98 valence electrons. The van der Waals surface area contributed by atoms with Crippen molar-refractivity contribution in [2.75, 3.05) is 0 Å². The minimum atomic E-state index is 0.0670. The molecule has 0 bridgehead atoms. The molecule has 1 N–H and O–H groups in total. The number of hydrogen-bond donors (Lipinski definition) is 1. The molecule has 0 aliphatic heterocycles. The van der Waals surface area contributed by atoms with Crippen molar-refractivity contribution in [1.82, 2.24) is 5.32 Å². The quantitative estimate of drug-likeness (QED) is 0.801. The molecule has 1 fully saturated rings. The lowest BCUT2D eigenvalue weighted by molar-refractivity contribution is 0.0898. The number of rotatable bonds is 2. The average Bonchev–Trinajstić information content (AvgIpc) is 2.34. The van der Waals surface area contributed by atoms with Gasteiger partial charge in [0.2, 0.25) is 0 Å². The summed E-state index contributed by atoms with van der Waals surface area (Å²) in [5, 5.41) is 3.19. The van der Waals surface area contributed by atoms with Gasteiger partial charge in [-0.05, 0) is 71.5 Å². The Hall–Kier alpha value is -0.580. The van der Waals surface area contributed by atoms with Crippen LogP contribution in [0.1, 0.15) is 43.5 Å². The van der Waals surface area contributed by atoms with Gasteiger partial charge in [-0.15, -0.1) is 0 Å². The normalized spacial score (nSPS) is 27.8. The number of carbonyl (C=O) groups is 1. The van der Waals surface area contributed by atoms with Crippen LogP contribution in [0.3, 0.4) is 0 Å². The molecule has 0 spiro atoms. The van der Waals surface area contributed by atoms with Crippen LogP contribution in [-0.4, -0.2) is 11.9 Å². The topological polar surface area (TPSA) is 29.1 Å². The monoisotopic (exact) mass is 357 g/mol. The molecule has 1 aromatic rings. The minimum absolute atomic E-state index is 0.0670. The van der Waals surface area contributed by atoms with Gasteiger partial charge < -0.3 is 5.32 Å². The van der Waals surface area contributed by atoms with Gasteiger partial charge in [0.05, 0.1) is 0 Å². The molecule has 0 heterocycles. The summed E-state index contributed by atoms with van der Waals surface area (Å²) in [6.07, 6.45) is 3.62. The summed E-state index contributed by atoms with van der Waals surface area (Å²) in [7, 11) is 0. The molecule has 1 aliphatic rings. The predicted octanol–water partition coefficient (Wildman–Crippen LogP) is 3.85. The highest BCUT2D eigenvalue weighted by Crippen LogP contribution is 2.28. The minimum Gasteiger partial charge on any atom is -0.349 e. The van der Waals surface area contributed by atoms with Gasteiger partial charge in [-0.3, -0.25) is 4.79 Å². The van der Waals surface area contributed by atoms with Crippen LogP contribution >= 0.6 is 22.6 Å². The summed E-state index contributed by atoms with van der Waals surface area (Å²) in [5.41, 5.74) is 0.765. The van der Waals surface area contributed by atoms with E-state index in [2.05, 4.69) is 41.8 Å². The summed E-state index contributed by atoms with van der Waals surface area (Å²) in [6.45, 7) is 4.51. The average molecular weight is 357 g/mol. The van der Waals surface area contributed by atoms with Crippen molar-refractivity contribution < 1.29 is 4.79 Å². The van der Waals surface area contributed by atoms with E-state index in [1.165, 1.54) is 12.8 Å². The first kappa shape index (κ1) is 13.8. The zero-order valence-electron chi connectivity index (χ0n) is 10.9. The molecule has 3 heteroatoms. The Labute approximate surface area is 123 Å². The van der Waals surface area contributed by atoms with Crippen LogP contribution in [-0.2, 0) is 0 Å². The van der Waals surface area contributed by atoms with E-state index in [1.807, 2.05) is 24.3 Å². The number of hydrogen-bond acceptors (Lipinski definition) is 1. The zero-order chi connectivity index (χ0) is 13.1. The highest BCUT2D eigenvalue weighted by atomic mass is 127. The number of nitrogens with one attached hydrogen (secondary N) is 1. The summed E-state index contributed by atoms with van der Waals surface area (Å²) in [5.74, 6) is 1.38. The Balaban J connectivity index is 2.00. The highest BCUT2D eigenvalue weighted by molar-refractivity contribution is 14.1. The molecule has 0 radical (unpaired) electrons. The van der Waals surface area contributed by atoms with Gasteiger partial charge in [0, 0.05) is 15.2 Å². The molecule has 1 aromatic carbocycles. The van der Waals surface area contributed by atoms with Crippen molar-refractivity contribution in [2.45, 2.75) is 39.2 Å². The molecular weight excluding hydrogens is 337 g/mol. The summed E-state index contributed by atoms with van der Waals surface area (Å²) < 4.78 is 1.16. The van der Waals surface area contributed by atoms with Crippen molar-refractivity contribution >= 4 is 28.5 Å². The molecule has 1 saturated carbocycles. The maximum absolute atomic E-state index is 12.2. The summed E-state index contributed by atoms with van der Waals surface area (Å²) >= 11 is 2.25. The van der Waals surface area contributed by atoms with Gasteiger partial charge in [0.1, 0.15) is 0 Å². The number of amides is 1. The first-order valence-corrected chi connectivity index (χ1v) is 7.70. The van der Waals surface area contributed by atoms with E-state index in [-0.39, 0.29) is 5.91 Å². The smallest absolute Gasteiger partial charge is 0.251 e. The fraction of sp³-hybridized carbons (Fsp3) is 0.533. The number of benzene rings is 1. The van der Waals surface area contributed by atoms with Gasteiger partial charge in [-0.1, -0.05) is 20.3 Å². The lowest BCUT2D eigenvalue weighted by Crippen LogP contribution is -2.42. The third-order valence-corrected chi connectivity index (χ3v) is 4.60. The summed E-state index contributed by atoms with van der Waals surface area (Å²) in [4.78, 5) is 12.2. The Morgan fingerprint density at radius 1 is 1.22 bits per heavy atom. The molecule has 1 amide bonds. The van der Waals surface area contributed by atoms with Gasteiger partial charge in [-0.2, -0.15) is 0 Å². The molecule has 2 rings (SSSR count). The van der Waals surface area contributed by atoms with E-state index in [0.29, 0.717) is 12.0 Å². The van der Waals surface area contributed by atoms with Gasteiger partial charge >= 0.3 is 0 Å². The fourth-order valence-corrected chi connectivity index (χ4v) is 2.95. The molecule has 0 unspecified atom stereocenters. The zero-order valence-corrected chi connectivity index (χ0v) is 13.1. The second kappa shape index (κ2) is 6.04. The SMILES string of the molecule is C[C@@H]1CC[C@H](C)[C@@H](NC(=O)c2ccc(I)cc2)C1. The Morgan fingerprint density at radius 2 is 1.89 bits per heavy atom. The van der Waals surface area contributed by atoms with Crippen molar-refractivity contribution in [3.8, 4) is 0 Å². The van der Waals surface area contributed by atoms with E-state index in [1.54, 1.807) is 0 Å². The lowest BCUT2D eigenvalue weighted by atomic mass is 9.80. The maximum atomic E-state index is 12.2. The second-order valence-corrected chi connectivity index (χ2v) is 6.73. The standard InChI is InChI=1S/C15H20INO/c1-10-3-4-11(2)14(9-10)17-15(18)12-5-7-13(16)8-6-12/h5-8,10-11,14H,3-4,9H2,1-2H3,(H,17,18)/t10-,11+,14+/m1/s1.